The molecule has 0 aromatic heterocycles. The third-order valence-corrected chi connectivity index (χ3v) is 3.89. The molecule has 0 fully saturated rings. The van der Waals surface area contributed by atoms with Crippen molar-refractivity contribution in [3.05, 3.63) is 88.0 Å². The number of carbonyl (C=O) groups is 1. The van der Waals surface area contributed by atoms with Gasteiger partial charge in [0.15, 0.2) is 5.75 Å². The lowest BCUT2D eigenvalue weighted by molar-refractivity contribution is -0.384. The van der Waals surface area contributed by atoms with Crippen LogP contribution in [-0.4, -0.2) is 11.0 Å². The molecule has 28 heavy (non-hydrogen) atoms. The van der Waals surface area contributed by atoms with Crippen molar-refractivity contribution in [3.8, 4) is 11.5 Å². The number of non-ortho nitro benzene ring substituents is 1. The molecule has 142 valence electrons. The second kappa shape index (κ2) is 8.22. The lowest BCUT2D eigenvalue weighted by Crippen LogP contribution is -2.19. The van der Waals surface area contributed by atoms with E-state index in [0.717, 1.165) is 11.1 Å². The van der Waals surface area contributed by atoms with Crippen molar-refractivity contribution in [2.45, 2.75) is 13.8 Å². The molecule has 0 radical (unpaired) electrons. The van der Waals surface area contributed by atoms with Crippen molar-refractivity contribution >= 4 is 23.1 Å². The van der Waals surface area contributed by atoms with E-state index in [0.29, 0.717) is 22.9 Å². The van der Waals surface area contributed by atoms with Crippen LogP contribution in [0.3, 0.4) is 0 Å². The zero-order valence-electron chi connectivity index (χ0n) is 15.4. The van der Waals surface area contributed by atoms with Crippen LogP contribution in [0.5, 0.6) is 11.5 Å². The standard InChI is InChI=1S/C21H19N3O4/c1-14-11-15(2)13-16(12-14)22-21(25)23-19-5-3-4-6-20(19)28-18-9-7-17(8-10-18)24(26)27/h3-13H,1-2H3,(H2,22,23,25). The molecule has 0 aliphatic carbocycles. The van der Waals surface area contributed by atoms with Gasteiger partial charge in [-0.1, -0.05) is 18.2 Å². The summed E-state index contributed by atoms with van der Waals surface area (Å²) in [7, 11) is 0. The maximum atomic E-state index is 12.4. The van der Waals surface area contributed by atoms with Gasteiger partial charge in [-0.2, -0.15) is 0 Å². The van der Waals surface area contributed by atoms with Crippen LogP contribution in [-0.2, 0) is 0 Å². The van der Waals surface area contributed by atoms with Crippen LogP contribution in [0.1, 0.15) is 11.1 Å². The van der Waals surface area contributed by atoms with Gasteiger partial charge >= 0.3 is 6.03 Å². The normalized spacial score (nSPS) is 10.2. The van der Waals surface area contributed by atoms with Crippen molar-refractivity contribution in [1.82, 2.24) is 0 Å². The zero-order valence-corrected chi connectivity index (χ0v) is 15.4. The topological polar surface area (TPSA) is 93.5 Å². The first-order valence-electron chi connectivity index (χ1n) is 8.58. The minimum absolute atomic E-state index is 0.0217. The number of nitrogens with zero attached hydrogens (tertiary/aromatic N) is 1. The number of urea groups is 1. The molecule has 0 aliphatic rings. The fraction of sp³-hybridized carbons (Fsp3) is 0.0952. The highest BCUT2D eigenvalue weighted by molar-refractivity contribution is 6.00. The number of nitro benzene ring substituents is 1. The zero-order chi connectivity index (χ0) is 20.1. The average molecular weight is 377 g/mol. The van der Waals surface area contributed by atoms with Crippen LogP contribution in [0.15, 0.2) is 66.7 Å². The molecule has 3 aromatic carbocycles. The molecule has 0 saturated carbocycles. The van der Waals surface area contributed by atoms with Crippen molar-refractivity contribution in [2.75, 3.05) is 10.6 Å². The second-order valence-electron chi connectivity index (χ2n) is 6.30. The first-order chi connectivity index (χ1) is 13.4. The van der Waals surface area contributed by atoms with Crippen LogP contribution >= 0.6 is 0 Å². The van der Waals surface area contributed by atoms with Gasteiger partial charge in [0.05, 0.1) is 10.6 Å². The summed E-state index contributed by atoms with van der Waals surface area (Å²) in [6.45, 7) is 3.92. The Kier molecular flexibility index (Phi) is 5.55. The summed E-state index contributed by atoms with van der Waals surface area (Å²) in [6.07, 6.45) is 0. The van der Waals surface area contributed by atoms with Crippen molar-refractivity contribution in [1.29, 1.82) is 0 Å². The van der Waals surface area contributed by atoms with E-state index in [-0.39, 0.29) is 5.69 Å². The molecule has 3 aromatic rings. The molecule has 3 rings (SSSR count). The number of nitro groups is 1. The number of ether oxygens (including phenoxy) is 1. The van der Waals surface area contributed by atoms with Crippen LogP contribution in [0.2, 0.25) is 0 Å². The molecule has 0 unspecified atom stereocenters. The largest absolute Gasteiger partial charge is 0.455 e. The van der Waals surface area contributed by atoms with Gasteiger partial charge in [-0.3, -0.25) is 10.1 Å². The molecule has 0 aliphatic heterocycles. The third-order valence-electron chi connectivity index (χ3n) is 3.89. The second-order valence-corrected chi connectivity index (χ2v) is 6.30. The summed E-state index contributed by atoms with van der Waals surface area (Å²) in [5.41, 5.74) is 3.26. The van der Waals surface area contributed by atoms with E-state index in [4.69, 9.17) is 4.74 Å². The molecule has 2 N–H and O–H groups in total. The Bertz CT molecular complexity index is 996. The average Bonchev–Trinajstić information content (AvgIpc) is 2.63. The van der Waals surface area contributed by atoms with Crippen molar-refractivity contribution in [3.63, 3.8) is 0 Å². The van der Waals surface area contributed by atoms with Crippen molar-refractivity contribution < 1.29 is 14.5 Å². The van der Waals surface area contributed by atoms with Gasteiger partial charge < -0.3 is 15.4 Å². The number of para-hydroxylation sites is 2. The van der Waals surface area contributed by atoms with E-state index in [1.165, 1.54) is 24.3 Å². The quantitative estimate of drug-likeness (QED) is 0.444. The lowest BCUT2D eigenvalue weighted by atomic mass is 10.1. The highest BCUT2D eigenvalue weighted by Gasteiger charge is 2.10. The highest BCUT2D eigenvalue weighted by atomic mass is 16.6. The molecule has 7 heteroatoms. The van der Waals surface area contributed by atoms with Gasteiger partial charge in [0.2, 0.25) is 0 Å². The van der Waals surface area contributed by atoms with Crippen LogP contribution in [0.4, 0.5) is 21.9 Å². The SMILES string of the molecule is Cc1cc(C)cc(NC(=O)Nc2ccccc2Oc2ccc([N+](=O)[O-])cc2)c1. The maximum absolute atomic E-state index is 12.4. The molecule has 7 nitrogen and oxygen atoms in total. The Hall–Kier alpha value is -3.87. The summed E-state index contributed by atoms with van der Waals surface area (Å²) in [5, 5.41) is 16.3. The summed E-state index contributed by atoms with van der Waals surface area (Å²) < 4.78 is 5.77. The Balaban J connectivity index is 1.72. The van der Waals surface area contributed by atoms with E-state index >= 15 is 0 Å². The third kappa shape index (κ3) is 4.85. The molecule has 0 spiro atoms. The number of hydrogen-bond acceptors (Lipinski definition) is 4. The molecule has 0 saturated heterocycles. The maximum Gasteiger partial charge on any atom is 0.323 e. The molecule has 0 bridgehead atoms. The molecular formula is C21H19N3O4. The number of carbonyl (C=O) groups excluding carboxylic acids is 1. The predicted octanol–water partition coefficient (Wildman–Crippen LogP) is 5.65. The molecule has 0 atom stereocenters. The number of nitrogens with one attached hydrogen (secondary N) is 2. The Morgan fingerprint density at radius 3 is 2.21 bits per heavy atom. The number of aryl methyl sites for hydroxylation is 2. The number of benzene rings is 3. The molecule has 0 heterocycles. The Morgan fingerprint density at radius 2 is 1.57 bits per heavy atom. The lowest BCUT2D eigenvalue weighted by Gasteiger charge is -2.13. The van der Waals surface area contributed by atoms with Gasteiger partial charge in [0, 0.05) is 17.8 Å². The van der Waals surface area contributed by atoms with E-state index in [2.05, 4.69) is 10.6 Å². The summed E-state index contributed by atoms with van der Waals surface area (Å²) in [6, 6.07) is 18.1. The van der Waals surface area contributed by atoms with E-state index in [1.54, 1.807) is 24.3 Å². The molecule has 2 amide bonds. The van der Waals surface area contributed by atoms with Crippen LogP contribution < -0.4 is 15.4 Å². The monoisotopic (exact) mass is 377 g/mol. The van der Waals surface area contributed by atoms with Gasteiger partial charge in [-0.25, -0.2) is 4.79 Å². The minimum atomic E-state index is -0.476. The van der Waals surface area contributed by atoms with Crippen molar-refractivity contribution in [2.24, 2.45) is 0 Å². The van der Waals surface area contributed by atoms with Gasteiger partial charge in [0.1, 0.15) is 5.75 Å². The van der Waals surface area contributed by atoms with Gasteiger partial charge in [0.25, 0.3) is 5.69 Å². The Labute approximate surface area is 162 Å². The summed E-state index contributed by atoms with van der Waals surface area (Å²) in [4.78, 5) is 22.6. The number of rotatable bonds is 5. The van der Waals surface area contributed by atoms with E-state index < -0.39 is 11.0 Å². The van der Waals surface area contributed by atoms with Crippen LogP contribution in [0.25, 0.3) is 0 Å². The first kappa shape index (κ1) is 18.9. The minimum Gasteiger partial charge on any atom is -0.455 e. The van der Waals surface area contributed by atoms with E-state index in [1.807, 2.05) is 32.0 Å². The number of anilines is 2. The van der Waals surface area contributed by atoms with Crippen LogP contribution in [0, 0.1) is 24.0 Å². The molecular weight excluding hydrogens is 358 g/mol. The highest BCUT2D eigenvalue weighted by Crippen LogP contribution is 2.30. The van der Waals surface area contributed by atoms with Gasteiger partial charge in [-0.05, 0) is 61.4 Å². The number of hydrogen-bond donors (Lipinski definition) is 2. The first-order valence-corrected chi connectivity index (χ1v) is 8.58. The summed E-state index contributed by atoms with van der Waals surface area (Å²) in [5.74, 6) is 0.849. The predicted molar refractivity (Wildman–Crippen MR) is 108 cm³/mol. The van der Waals surface area contributed by atoms with Gasteiger partial charge in [-0.15, -0.1) is 0 Å². The summed E-state index contributed by atoms with van der Waals surface area (Å²) >= 11 is 0. The smallest absolute Gasteiger partial charge is 0.323 e. The number of amides is 2. The fourth-order valence-electron chi connectivity index (χ4n) is 2.75. The Morgan fingerprint density at radius 1 is 0.929 bits per heavy atom. The fourth-order valence-corrected chi connectivity index (χ4v) is 2.75. The van der Waals surface area contributed by atoms with E-state index in [9.17, 15) is 14.9 Å².